The molecule has 0 spiro atoms. The first kappa shape index (κ1) is 14.2. The average molecular weight is 250 g/mol. The number of rotatable bonds is 5. The summed E-state index contributed by atoms with van der Waals surface area (Å²) in [5.41, 5.74) is 13.2. The molecule has 1 amide bonds. The van der Waals surface area contributed by atoms with Crippen LogP contribution in [-0.4, -0.2) is 29.9 Å². The number of likely N-dealkylation sites (N-methyl/N-ethyl adjacent to an activating group) is 1. The first-order valence-electron chi connectivity index (χ1n) is 6.19. The molecule has 0 aromatic heterocycles. The van der Waals surface area contributed by atoms with Crippen LogP contribution in [0.4, 0.5) is 17.1 Å². The number of benzene rings is 1. The van der Waals surface area contributed by atoms with E-state index in [1.54, 1.807) is 17.0 Å². The molecule has 5 heteroatoms. The molecule has 0 aliphatic carbocycles. The second kappa shape index (κ2) is 6.14. The number of nitrogens with one attached hydrogen (secondary N) is 1. The number of nitrogens with two attached hydrogens (primary N) is 2. The van der Waals surface area contributed by atoms with E-state index >= 15 is 0 Å². The molecule has 0 radical (unpaired) electrons. The Balaban J connectivity index is 2.71. The molecule has 5 nitrogen and oxygen atoms in total. The normalized spacial score (nSPS) is 11.9. The minimum Gasteiger partial charge on any atom is -0.397 e. The van der Waals surface area contributed by atoms with Crippen LogP contribution in [0.2, 0.25) is 0 Å². The Morgan fingerprint density at radius 3 is 2.39 bits per heavy atom. The van der Waals surface area contributed by atoms with Crippen LogP contribution in [-0.2, 0) is 4.79 Å². The SMILES string of the molecule is CCN(CC)C(=O)C(C)Nc1ccc(N)c(N)c1. The molecule has 0 aliphatic heterocycles. The summed E-state index contributed by atoms with van der Waals surface area (Å²) in [5.74, 6) is 0.0791. The van der Waals surface area contributed by atoms with Crippen molar-refractivity contribution in [3.63, 3.8) is 0 Å². The fourth-order valence-corrected chi connectivity index (χ4v) is 1.79. The smallest absolute Gasteiger partial charge is 0.244 e. The van der Waals surface area contributed by atoms with Gasteiger partial charge in [-0.2, -0.15) is 0 Å². The van der Waals surface area contributed by atoms with E-state index < -0.39 is 0 Å². The predicted octanol–water partition coefficient (Wildman–Crippen LogP) is 1.52. The van der Waals surface area contributed by atoms with Crippen LogP contribution in [0.3, 0.4) is 0 Å². The van der Waals surface area contributed by atoms with Crippen molar-refractivity contribution in [2.24, 2.45) is 0 Å². The van der Waals surface area contributed by atoms with Gasteiger partial charge in [0, 0.05) is 18.8 Å². The summed E-state index contributed by atoms with van der Waals surface area (Å²) in [6.07, 6.45) is 0. The number of hydrogen-bond donors (Lipinski definition) is 3. The fourth-order valence-electron chi connectivity index (χ4n) is 1.79. The van der Waals surface area contributed by atoms with Crippen molar-refractivity contribution >= 4 is 23.0 Å². The molecular formula is C13H22N4O. The Labute approximate surface area is 108 Å². The van der Waals surface area contributed by atoms with Crippen LogP contribution in [0.15, 0.2) is 18.2 Å². The number of anilines is 3. The predicted molar refractivity (Wildman–Crippen MR) is 76.3 cm³/mol. The quantitative estimate of drug-likeness (QED) is 0.692. The number of carbonyl (C=O) groups is 1. The number of hydrogen-bond acceptors (Lipinski definition) is 4. The monoisotopic (exact) mass is 250 g/mol. The summed E-state index contributed by atoms with van der Waals surface area (Å²) in [6.45, 7) is 7.20. The topological polar surface area (TPSA) is 84.4 Å². The molecule has 0 bridgehead atoms. The van der Waals surface area contributed by atoms with Gasteiger partial charge >= 0.3 is 0 Å². The largest absolute Gasteiger partial charge is 0.397 e. The van der Waals surface area contributed by atoms with Crippen LogP contribution < -0.4 is 16.8 Å². The Kier molecular flexibility index (Phi) is 4.83. The summed E-state index contributed by atoms with van der Waals surface area (Å²) in [6, 6.07) is 5.00. The molecule has 1 rings (SSSR count). The third-order valence-electron chi connectivity index (χ3n) is 2.92. The van der Waals surface area contributed by atoms with Gasteiger partial charge in [-0.15, -0.1) is 0 Å². The van der Waals surface area contributed by atoms with Crippen molar-refractivity contribution in [2.45, 2.75) is 26.8 Å². The van der Waals surface area contributed by atoms with Gasteiger partial charge in [-0.25, -0.2) is 0 Å². The molecule has 1 atom stereocenters. The molecule has 0 aliphatic rings. The van der Waals surface area contributed by atoms with Crippen LogP contribution in [0.5, 0.6) is 0 Å². The Bertz CT molecular complexity index is 415. The van der Waals surface area contributed by atoms with E-state index in [9.17, 15) is 4.79 Å². The van der Waals surface area contributed by atoms with Gasteiger partial charge in [0.2, 0.25) is 5.91 Å². The summed E-state index contributed by atoms with van der Waals surface area (Å²) in [5, 5.41) is 3.13. The molecule has 0 fully saturated rings. The number of carbonyl (C=O) groups excluding carboxylic acids is 1. The third-order valence-corrected chi connectivity index (χ3v) is 2.92. The highest BCUT2D eigenvalue weighted by Crippen LogP contribution is 2.20. The highest BCUT2D eigenvalue weighted by Gasteiger charge is 2.17. The second-order valence-corrected chi connectivity index (χ2v) is 4.22. The van der Waals surface area contributed by atoms with Crippen molar-refractivity contribution in [1.82, 2.24) is 4.90 Å². The molecule has 18 heavy (non-hydrogen) atoms. The van der Waals surface area contributed by atoms with Gasteiger partial charge in [0.1, 0.15) is 6.04 Å². The van der Waals surface area contributed by atoms with E-state index in [4.69, 9.17) is 11.5 Å². The molecule has 0 heterocycles. The van der Waals surface area contributed by atoms with Crippen LogP contribution in [0.1, 0.15) is 20.8 Å². The summed E-state index contributed by atoms with van der Waals surface area (Å²) in [7, 11) is 0. The van der Waals surface area contributed by atoms with E-state index in [-0.39, 0.29) is 11.9 Å². The van der Waals surface area contributed by atoms with Crippen molar-refractivity contribution in [3.05, 3.63) is 18.2 Å². The number of nitrogen functional groups attached to an aromatic ring is 2. The van der Waals surface area contributed by atoms with E-state index in [2.05, 4.69) is 5.32 Å². The van der Waals surface area contributed by atoms with Crippen LogP contribution in [0, 0.1) is 0 Å². The van der Waals surface area contributed by atoms with E-state index in [1.165, 1.54) is 0 Å². The fraction of sp³-hybridized carbons (Fsp3) is 0.462. The van der Waals surface area contributed by atoms with Crippen molar-refractivity contribution in [3.8, 4) is 0 Å². The zero-order valence-corrected chi connectivity index (χ0v) is 11.2. The van der Waals surface area contributed by atoms with E-state index in [0.717, 1.165) is 5.69 Å². The summed E-state index contributed by atoms with van der Waals surface area (Å²) < 4.78 is 0. The molecule has 5 N–H and O–H groups in total. The van der Waals surface area contributed by atoms with Gasteiger partial charge in [0.05, 0.1) is 11.4 Å². The summed E-state index contributed by atoms with van der Waals surface area (Å²) in [4.78, 5) is 13.9. The lowest BCUT2D eigenvalue weighted by Gasteiger charge is -2.24. The van der Waals surface area contributed by atoms with Crippen LogP contribution >= 0.6 is 0 Å². The van der Waals surface area contributed by atoms with Gasteiger partial charge in [-0.3, -0.25) is 4.79 Å². The van der Waals surface area contributed by atoms with Crippen molar-refractivity contribution in [1.29, 1.82) is 0 Å². The van der Waals surface area contributed by atoms with Gasteiger partial charge < -0.3 is 21.7 Å². The minimum absolute atomic E-state index is 0.0791. The maximum absolute atomic E-state index is 12.1. The Morgan fingerprint density at radius 2 is 1.89 bits per heavy atom. The standard InChI is InChI=1S/C13H22N4O/c1-4-17(5-2)13(18)9(3)16-10-6-7-11(14)12(15)8-10/h6-9,16H,4-5,14-15H2,1-3H3. The molecule has 0 saturated heterocycles. The molecule has 1 aromatic carbocycles. The lowest BCUT2D eigenvalue weighted by molar-refractivity contribution is -0.131. The van der Waals surface area contributed by atoms with E-state index in [0.29, 0.717) is 24.5 Å². The van der Waals surface area contributed by atoms with Gasteiger partial charge in [0.25, 0.3) is 0 Å². The molecular weight excluding hydrogens is 228 g/mol. The van der Waals surface area contributed by atoms with Crippen molar-refractivity contribution in [2.75, 3.05) is 29.9 Å². The zero-order chi connectivity index (χ0) is 13.7. The van der Waals surface area contributed by atoms with Gasteiger partial charge in [0.15, 0.2) is 0 Å². The lowest BCUT2D eigenvalue weighted by atomic mass is 10.2. The lowest BCUT2D eigenvalue weighted by Crippen LogP contribution is -2.41. The Morgan fingerprint density at radius 1 is 1.28 bits per heavy atom. The van der Waals surface area contributed by atoms with Gasteiger partial charge in [-0.05, 0) is 39.0 Å². The zero-order valence-electron chi connectivity index (χ0n) is 11.2. The van der Waals surface area contributed by atoms with E-state index in [1.807, 2.05) is 26.8 Å². The highest BCUT2D eigenvalue weighted by atomic mass is 16.2. The maximum Gasteiger partial charge on any atom is 0.244 e. The first-order chi connectivity index (χ1) is 8.49. The molecule has 1 aromatic rings. The minimum atomic E-state index is -0.284. The third kappa shape index (κ3) is 3.29. The highest BCUT2D eigenvalue weighted by molar-refractivity contribution is 5.84. The Hall–Kier alpha value is -1.91. The summed E-state index contributed by atoms with van der Waals surface area (Å²) >= 11 is 0. The molecule has 100 valence electrons. The second-order valence-electron chi connectivity index (χ2n) is 4.22. The average Bonchev–Trinajstić information content (AvgIpc) is 2.35. The number of amides is 1. The van der Waals surface area contributed by atoms with Gasteiger partial charge in [-0.1, -0.05) is 0 Å². The maximum atomic E-state index is 12.1. The molecule has 0 saturated carbocycles. The molecule has 1 unspecified atom stereocenters. The first-order valence-corrected chi connectivity index (χ1v) is 6.19. The number of nitrogens with zero attached hydrogens (tertiary/aromatic N) is 1. The van der Waals surface area contributed by atoms with Crippen molar-refractivity contribution < 1.29 is 4.79 Å². The van der Waals surface area contributed by atoms with Crippen LogP contribution in [0.25, 0.3) is 0 Å².